The van der Waals surface area contributed by atoms with E-state index in [1.807, 2.05) is 0 Å². The summed E-state index contributed by atoms with van der Waals surface area (Å²) in [5.41, 5.74) is 6.37. The summed E-state index contributed by atoms with van der Waals surface area (Å²) in [5, 5.41) is 0.299. The number of hydrogen-bond acceptors (Lipinski definition) is 1. The number of rotatable bonds is 4. The molecule has 0 aromatic heterocycles. The Bertz CT molecular complexity index is 630. The molecule has 136 valence electrons. The Balaban J connectivity index is 2.12. The van der Waals surface area contributed by atoms with Crippen molar-refractivity contribution in [2.75, 3.05) is 6.61 Å². The summed E-state index contributed by atoms with van der Waals surface area (Å²) in [6.07, 6.45) is 6.76. The topological polar surface area (TPSA) is 9.23 Å². The molecule has 1 aromatic rings. The molecule has 0 aliphatic carbocycles. The van der Waals surface area contributed by atoms with E-state index in [4.69, 9.17) is 4.74 Å². The molecule has 2 rings (SSSR count). The molecule has 1 saturated heterocycles. The van der Waals surface area contributed by atoms with Crippen LogP contribution in [-0.4, -0.2) is 14.7 Å². The lowest BCUT2D eigenvalue weighted by Gasteiger charge is -2.31. The molecule has 1 aliphatic rings. The molecule has 0 unspecified atom stereocenters. The average molecular weight is 355 g/mol. The molecule has 0 N–H and O–H groups in total. The second kappa shape index (κ2) is 8.76. The molecular weight excluding hydrogens is 320 g/mol. The van der Waals surface area contributed by atoms with E-state index in [9.17, 15) is 0 Å². The maximum absolute atomic E-state index is 5.99. The van der Waals surface area contributed by atoms with E-state index in [1.54, 1.807) is 0 Å². The van der Waals surface area contributed by atoms with E-state index in [0.717, 1.165) is 32.3 Å². The Kier molecular flexibility index (Phi) is 6.96. The van der Waals surface area contributed by atoms with Gasteiger partial charge in [0.1, 0.15) is 13.8 Å². The van der Waals surface area contributed by atoms with Gasteiger partial charge in [0.2, 0.25) is 0 Å². The van der Waals surface area contributed by atoms with Crippen molar-refractivity contribution in [1.82, 2.24) is 0 Å². The summed E-state index contributed by atoms with van der Waals surface area (Å²) < 4.78 is 5.99. The van der Waals surface area contributed by atoms with Crippen LogP contribution in [0.3, 0.4) is 0 Å². The highest BCUT2D eigenvalue weighted by Gasteiger charge is 2.33. The lowest BCUT2D eigenvalue weighted by molar-refractivity contribution is 0.163. The highest BCUT2D eigenvalue weighted by molar-refractivity contribution is 6.87. The van der Waals surface area contributed by atoms with Crippen LogP contribution >= 0.6 is 0 Å². The monoisotopic (exact) mass is 354 g/mol. The van der Waals surface area contributed by atoms with E-state index < -0.39 is 8.07 Å². The molecule has 25 heavy (non-hydrogen) atoms. The SMILES string of the molecule is CC(C)(C)[Si](C)(C)C#C/C(CCCc1ccccc1)=C1\CCCCO1. The third-order valence-corrected chi connectivity index (χ3v) is 10.0. The van der Waals surface area contributed by atoms with Crippen LogP contribution in [0.15, 0.2) is 41.7 Å². The van der Waals surface area contributed by atoms with Gasteiger partial charge < -0.3 is 4.74 Å². The highest BCUT2D eigenvalue weighted by atomic mass is 28.3. The summed E-state index contributed by atoms with van der Waals surface area (Å²) in [4.78, 5) is 0. The Hall–Kier alpha value is -1.46. The number of benzene rings is 1. The average Bonchev–Trinajstić information content (AvgIpc) is 2.58. The van der Waals surface area contributed by atoms with Gasteiger partial charge in [0.25, 0.3) is 0 Å². The third-order valence-electron chi connectivity index (χ3n) is 5.55. The van der Waals surface area contributed by atoms with Crippen LogP contribution in [0.2, 0.25) is 18.1 Å². The number of hydrogen-bond donors (Lipinski definition) is 0. The molecule has 0 atom stereocenters. The normalized spacial score (nSPS) is 17.3. The first kappa shape index (κ1) is 19.9. The van der Waals surface area contributed by atoms with Crippen molar-refractivity contribution in [3.63, 3.8) is 0 Å². The van der Waals surface area contributed by atoms with Crippen molar-refractivity contribution in [3.8, 4) is 11.5 Å². The first-order chi connectivity index (χ1) is 11.8. The van der Waals surface area contributed by atoms with Gasteiger partial charge in [-0.25, -0.2) is 0 Å². The fraction of sp³-hybridized carbons (Fsp3) is 0.565. The second-order valence-electron chi connectivity index (χ2n) is 8.67. The van der Waals surface area contributed by atoms with Crippen molar-refractivity contribution >= 4 is 8.07 Å². The molecule has 1 aliphatic heterocycles. The molecule has 0 amide bonds. The predicted octanol–water partition coefficient (Wildman–Crippen LogP) is 6.52. The van der Waals surface area contributed by atoms with Gasteiger partial charge in [-0.3, -0.25) is 0 Å². The fourth-order valence-corrected chi connectivity index (χ4v) is 3.54. The molecule has 0 bridgehead atoms. The van der Waals surface area contributed by atoms with Crippen LogP contribution in [0.1, 0.15) is 58.4 Å². The third kappa shape index (κ3) is 6.08. The molecular formula is C23H34OSi. The fourth-order valence-electron chi connectivity index (χ4n) is 2.70. The summed E-state index contributed by atoms with van der Waals surface area (Å²) in [6.45, 7) is 12.6. The summed E-state index contributed by atoms with van der Waals surface area (Å²) in [5.74, 6) is 4.76. The standard InChI is InChI=1S/C23H34OSi/c1-23(2,3)25(4,5)19-17-21(22-16-9-10-18-24-22)15-11-14-20-12-7-6-8-13-20/h6-8,12-13H,9-11,14-16,18H2,1-5H3/b22-21+. The Morgan fingerprint density at radius 1 is 1.12 bits per heavy atom. The number of aryl methyl sites for hydroxylation is 1. The van der Waals surface area contributed by atoms with Crippen molar-refractivity contribution in [1.29, 1.82) is 0 Å². The molecule has 0 radical (unpaired) electrons. The van der Waals surface area contributed by atoms with Gasteiger partial charge >= 0.3 is 0 Å². The van der Waals surface area contributed by atoms with Gasteiger partial charge in [0, 0.05) is 12.0 Å². The van der Waals surface area contributed by atoms with Crippen molar-refractivity contribution < 1.29 is 4.74 Å². The smallest absolute Gasteiger partial charge is 0.138 e. The van der Waals surface area contributed by atoms with Gasteiger partial charge in [-0.1, -0.05) is 70.1 Å². The lowest BCUT2D eigenvalue weighted by atomic mass is 10.0. The number of allylic oxidation sites excluding steroid dienone is 2. The zero-order chi connectivity index (χ0) is 18.3. The Labute approximate surface area is 155 Å². The minimum absolute atomic E-state index is 0.299. The van der Waals surface area contributed by atoms with Crippen molar-refractivity contribution in [2.24, 2.45) is 0 Å². The zero-order valence-electron chi connectivity index (χ0n) is 16.7. The van der Waals surface area contributed by atoms with Gasteiger partial charge in [-0.15, -0.1) is 5.54 Å². The maximum Gasteiger partial charge on any atom is 0.138 e. The van der Waals surface area contributed by atoms with Crippen molar-refractivity contribution in [3.05, 3.63) is 47.2 Å². The van der Waals surface area contributed by atoms with E-state index >= 15 is 0 Å². The van der Waals surface area contributed by atoms with Crippen LogP contribution in [0, 0.1) is 11.5 Å². The van der Waals surface area contributed by atoms with Crippen LogP contribution in [0.4, 0.5) is 0 Å². The Morgan fingerprint density at radius 2 is 1.84 bits per heavy atom. The van der Waals surface area contributed by atoms with Crippen LogP contribution in [-0.2, 0) is 11.2 Å². The maximum atomic E-state index is 5.99. The zero-order valence-corrected chi connectivity index (χ0v) is 17.7. The van der Waals surface area contributed by atoms with Gasteiger partial charge in [0.15, 0.2) is 0 Å². The van der Waals surface area contributed by atoms with Crippen LogP contribution < -0.4 is 0 Å². The van der Waals surface area contributed by atoms with Crippen molar-refractivity contribution in [2.45, 2.75) is 77.4 Å². The van der Waals surface area contributed by atoms with Gasteiger partial charge in [-0.2, -0.15) is 0 Å². The van der Waals surface area contributed by atoms with E-state index in [1.165, 1.54) is 29.7 Å². The van der Waals surface area contributed by atoms with Crippen LogP contribution in [0.25, 0.3) is 0 Å². The quantitative estimate of drug-likeness (QED) is 0.442. The molecule has 1 aromatic carbocycles. The Morgan fingerprint density at radius 3 is 2.44 bits per heavy atom. The molecule has 1 heterocycles. The molecule has 0 saturated carbocycles. The number of ether oxygens (including phenoxy) is 1. The minimum Gasteiger partial charge on any atom is -0.497 e. The molecule has 2 heteroatoms. The van der Waals surface area contributed by atoms with E-state index in [0.29, 0.717) is 5.04 Å². The lowest BCUT2D eigenvalue weighted by Crippen LogP contribution is -2.35. The second-order valence-corrected chi connectivity index (χ2v) is 13.7. The first-order valence-corrected chi connectivity index (χ1v) is 12.7. The first-order valence-electron chi connectivity index (χ1n) is 9.71. The molecule has 0 spiro atoms. The summed E-state index contributed by atoms with van der Waals surface area (Å²) in [6, 6.07) is 10.8. The van der Waals surface area contributed by atoms with Gasteiger partial charge in [0.05, 0.1) is 6.61 Å². The molecule has 1 fully saturated rings. The predicted molar refractivity (Wildman–Crippen MR) is 111 cm³/mol. The van der Waals surface area contributed by atoms with E-state index in [-0.39, 0.29) is 0 Å². The summed E-state index contributed by atoms with van der Waals surface area (Å²) >= 11 is 0. The highest BCUT2D eigenvalue weighted by Crippen LogP contribution is 2.35. The summed E-state index contributed by atoms with van der Waals surface area (Å²) in [7, 11) is -1.59. The minimum atomic E-state index is -1.59. The molecule has 1 nitrogen and oxygen atoms in total. The van der Waals surface area contributed by atoms with E-state index in [2.05, 4.69) is 75.7 Å². The largest absolute Gasteiger partial charge is 0.497 e. The van der Waals surface area contributed by atoms with Gasteiger partial charge in [-0.05, 0) is 42.7 Å². The van der Waals surface area contributed by atoms with Crippen LogP contribution in [0.5, 0.6) is 0 Å².